The number of para-hydroxylation sites is 1. The molecule has 0 spiro atoms. The minimum Gasteiger partial charge on any atom is -0.486 e. The zero-order chi connectivity index (χ0) is 24.5. The van der Waals surface area contributed by atoms with Gasteiger partial charge in [-0.15, -0.1) is 11.3 Å². The summed E-state index contributed by atoms with van der Waals surface area (Å²) in [6, 6.07) is 18.2. The van der Waals surface area contributed by atoms with E-state index in [2.05, 4.69) is 36.3 Å². The van der Waals surface area contributed by atoms with Gasteiger partial charge < -0.3 is 14.5 Å². The lowest BCUT2D eigenvalue weighted by Gasteiger charge is -2.30. The highest BCUT2D eigenvalue weighted by atomic mass is 32.1. The molecular formula is C29H37N3O2S. The van der Waals surface area contributed by atoms with Crippen molar-refractivity contribution in [1.29, 1.82) is 0 Å². The standard InChI is InChI=1S/C29H37N3O2S/c1-23(2)26-13-7-8-14-27(26)34-21-28-30-25(22-35-28)20-32(18-17-31-15-9-4-10-16-31)29(33)19-24-11-5-3-6-12-24/h3,5-8,11-14,22-23H,4,9-10,15-21H2,1-2H3. The van der Waals surface area contributed by atoms with Crippen molar-refractivity contribution >= 4 is 17.2 Å². The average Bonchev–Trinajstić information content (AvgIpc) is 3.34. The van der Waals surface area contributed by atoms with Crippen molar-refractivity contribution in [2.45, 2.75) is 58.6 Å². The largest absolute Gasteiger partial charge is 0.486 e. The van der Waals surface area contributed by atoms with E-state index >= 15 is 0 Å². The normalized spacial score (nSPS) is 14.3. The van der Waals surface area contributed by atoms with E-state index in [4.69, 9.17) is 9.72 Å². The molecular weight excluding hydrogens is 454 g/mol. The number of rotatable bonds is 11. The van der Waals surface area contributed by atoms with E-state index < -0.39 is 0 Å². The number of benzene rings is 2. The SMILES string of the molecule is CC(C)c1ccccc1OCc1nc(CN(CCN2CCCCC2)C(=O)Cc2ccccc2)cs1. The molecule has 0 aliphatic carbocycles. The van der Waals surface area contributed by atoms with Crippen LogP contribution in [0.1, 0.15) is 60.9 Å². The lowest BCUT2D eigenvalue weighted by molar-refractivity contribution is -0.131. The predicted octanol–water partition coefficient (Wildman–Crippen LogP) is 5.90. The minimum atomic E-state index is 0.157. The van der Waals surface area contributed by atoms with Crippen molar-refractivity contribution in [3.8, 4) is 5.75 Å². The van der Waals surface area contributed by atoms with Gasteiger partial charge in [0, 0.05) is 18.5 Å². The van der Waals surface area contributed by atoms with Crippen LogP contribution in [0.4, 0.5) is 0 Å². The van der Waals surface area contributed by atoms with Crippen LogP contribution in [-0.4, -0.2) is 46.9 Å². The second kappa shape index (κ2) is 12.8. The Hall–Kier alpha value is -2.70. The fourth-order valence-corrected chi connectivity index (χ4v) is 5.23. The fraction of sp³-hybridized carbons (Fsp3) is 0.448. The first kappa shape index (κ1) is 25.4. The van der Waals surface area contributed by atoms with Gasteiger partial charge in [-0.2, -0.15) is 0 Å². The van der Waals surface area contributed by atoms with Crippen LogP contribution in [0.25, 0.3) is 0 Å². The summed E-state index contributed by atoms with van der Waals surface area (Å²) in [6.45, 7) is 9.26. The number of nitrogens with zero attached hydrogens (tertiary/aromatic N) is 3. The Balaban J connectivity index is 1.39. The third kappa shape index (κ3) is 7.64. The van der Waals surface area contributed by atoms with E-state index in [-0.39, 0.29) is 5.91 Å². The highest BCUT2D eigenvalue weighted by molar-refractivity contribution is 7.09. The molecule has 0 unspecified atom stereocenters. The van der Waals surface area contributed by atoms with Crippen molar-refractivity contribution < 1.29 is 9.53 Å². The summed E-state index contributed by atoms with van der Waals surface area (Å²) >= 11 is 1.60. The zero-order valence-corrected chi connectivity index (χ0v) is 21.8. The van der Waals surface area contributed by atoms with Crippen LogP contribution in [0, 0.1) is 0 Å². The number of carbonyl (C=O) groups is 1. The first-order valence-electron chi connectivity index (χ1n) is 12.8. The van der Waals surface area contributed by atoms with Crippen LogP contribution >= 0.6 is 11.3 Å². The Bertz CT molecular complexity index is 1060. The van der Waals surface area contributed by atoms with Gasteiger partial charge in [-0.25, -0.2) is 4.98 Å². The van der Waals surface area contributed by atoms with Crippen LogP contribution < -0.4 is 4.74 Å². The maximum atomic E-state index is 13.3. The molecule has 2 aromatic carbocycles. The second-order valence-corrected chi connectivity index (χ2v) is 10.5. The summed E-state index contributed by atoms with van der Waals surface area (Å²) in [5, 5.41) is 3.00. The van der Waals surface area contributed by atoms with Gasteiger partial charge in [0.05, 0.1) is 18.7 Å². The van der Waals surface area contributed by atoms with Gasteiger partial charge in [0.25, 0.3) is 0 Å². The lowest BCUT2D eigenvalue weighted by atomic mass is 10.0. The van der Waals surface area contributed by atoms with Crippen molar-refractivity contribution in [2.75, 3.05) is 26.2 Å². The van der Waals surface area contributed by atoms with Crippen LogP contribution in [0.3, 0.4) is 0 Å². The number of aromatic nitrogens is 1. The number of carbonyl (C=O) groups excluding carboxylic acids is 1. The molecule has 6 heteroatoms. The van der Waals surface area contributed by atoms with Crippen molar-refractivity contribution in [3.63, 3.8) is 0 Å². The Labute approximate surface area is 213 Å². The fourth-order valence-electron chi connectivity index (χ4n) is 4.53. The summed E-state index contributed by atoms with van der Waals surface area (Å²) in [5.74, 6) is 1.48. The molecule has 1 fully saturated rings. The Morgan fingerprint density at radius 2 is 1.80 bits per heavy atom. The van der Waals surface area contributed by atoms with E-state index in [0.29, 0.717) is 25.5 Å². The van der Waals surface area contributed by atoms with Gasteiger partial charge in [-0.05, 0) is 49.0 Å². The Morgan fingerprint density at radius 1 is 1.06 bits per heavy atom. The monoisotopic (exact) mass is 491 g/mol. The zero-order valence-electron chi connectivity index (χ0n) is 21.0. The summed E-state index contributed by atoms with van der Waals surface area (Å²) in [4.78, 5) is 22.5. The quantitative estimate of drug-likeness (QED) is 0.335. The molecule has 1 aliphatic heterocycles. The molecule has 1 aromatic heterocycles. The molecule has 186 valence electrons. The summed E-state index contributed by atoms with van der Waals surface area (Å²) in [6.07, 6.45) is 4.26. The van der Waals surface area contributed by atoms with E-state index in [1.54, 1.807) is 11.3 Å². The molecule has 0 saturated carbocycles. The molecule has 1 aliphatic rings. The first-order chi connectivity index (χ1) is 17.1. The number of piperidine rings is 1. The number of hydrogen-bond donors (Lipinski definition) is 0. The van der Waals surface area contributed by atoms with Gasteiger partial charge in [0.2, 0.25) is 5.91 Å². The summed E-state index contributed by atoms with van der Waals surface area (Å²) in [7, 11) is 0. The van der Waals surface area contributed by atoms with E-state index in [9.17, 15) is 4.79 Å². The third-order valence-corrected chi connectivity index (χ3v) is 7.40. The summed E-state index contributed by atoms with van der Waals surface area (Å²) < 4.78 is 6.12. The van der Waals surface area contributed by atoms with Crippen LogP contribution in [0.2, 0.25) is 0 Å². The molecule has 2 heterocycles. The highest BCUT2D eigenvalue weighted by Crippen LogP contribution is 2.27. The molecule has 0 radical (unpaired) electrons. The molecule has 3 aromatic rings. The van der Waals surface area contributed by atoms with Gasteiger partial charge in [0.15, 0.2) is 0 Å². The third-order valence-electron chi connectivity index (χ3n) is 6.53. The summed E-state index contributed by atoms with van der Waals surface area (Å²) in [5.41, 5.74) is 3.20. The molecule has 0 atom stereocenters. The number of ether oxygens (including phenoxy) is 1. The average molecular weight is 492 g/mol. The molecule has 5 nitrogen and oxygen atoms in total. The van der Waals surface area contributed by atoms with Gasteiger partial charge >= 0.3 is 0 Å². The smallest absolute Gasteiger partial charge is 0.227 e. The highest BCUT2D eigenvalue weighted by Gasteiger charge is 2.19. The number of amides is 1. The Kier molecular flexibility index (Phi) is 9.32. The molecule has 4 rings (SSSR count). The maximum absolute atomic E-state index is 13.3. The van der Waals surface area contributed by atoms with Crippen LogP contribution in [0.15, 0.2) is 60.0 Å². The Morgan fingerprint density at radius 3 is 2.57 bits per heavy atom. The first-order valence-corrected chi connectivity index (χ1v) is 13.7. The topological polar surface area (TPSA) is 45.7 Å². The van der Waals surface area contributed by atoms with Crippen molar-refractivity contribution in [3.05, 3.63) is 81.8 Å². The van der Waals surface area contributed by atoms with Crippen molar-refractivity contribution in [1.82, 2.24) is 14.8 Å². The maximum Gasteiger partial charge on any atom is 0.227 e. The molecule has 1 saturated heterocycles. The molecule has 0 bridgehead atoms. The number of hydrogen-bond acceptors (Lipinski definition) is 5. The molecule has 1 amide bonds. The van der Waals surface area contributed by atoms with Gasteiger partial charge in [-0.3, -0.25) is 4.79 Å². The van der Waals surface area contributed by atoms with E-state index in [0.717, 1.165) is 48.2 Å². The number of thiazole rings is 1. The van der Waals surface area contributed by atoms with Crippen LogP contribution in [-0.2, 0) is 24.4 Å². The predicted molar refractivity (Wildman–Crippen MR) is 143 cm³/mol. The molecule has 0 N–H and O–H groups in total. The van der Waals surface area contributed by atoms with E-state index in [1.165, 1.54) is 24.8 Å². The molecule has 35 heavy (non-hydrogen) atoms. The minimum absolute atomic E-state index is 0.157. The van der Waals surface area contributed by atoms with Gasteiger partial charge in [-0.1, -0.05) is 68.8 Å². The van der Waals surface area contributed by atoms with Gasteiger partial charge in [0.1, 0.15) is 17.4 Å². The lowest BCUT2D eigenvalue weighted by Crippen LogP contribution is -2.40. The number of likely N-dealkylation sites (tertiary alicyclic amines) is 1. The van der Waals surface area contributed by atoms with Crippen LogP contribution in [0.5, 0.6) is 5.75 Å². The van der Waals surface area contributed by atoms with E-state index in [1.807, 2.05) is 47.4 Å². The van der Waals surface area contributed by atoms with Crippen molar-refractivity contribution in [2.24, 2.45) is 0 Å². The second-order valence-electron chi connectivity index (χ2n) is 9.59.